The molecular formula is C8H14ClNO3SSi. The second kappa shape index (κ2) is 5.48. The number of allylic oxidation sites excluding steroid dienone is 2. The van der Waals surface area contributed by atoms with Crippen LogP contribution in [0.15, 0.2) is 23.9 Å². The molecule has 0 radical (unpaired) electrons. The summed E-state index contributed by atoms with van der Waals surface area (Å²) in [5, 5.41) is 0. The number of halogens is 1. The van der Waals surface area contributed by atoms with Crippen molar-refractivity contribution in [3.05, 3.63) is 23.9 Å². The fourth-order valence-corrected chi connectivity index (χ4v) is 1.87. The SMILES string of the molecule is C[Si](C)(C)/C=C/C=C/C(=O)NS(=O)(=O)Cl. The maximum absolute atomic E-state index is 10.9. The van der Waals surface area contributed by atoms with Crippen molar-refractivity contribution in [2.45, 2.75) is 19.6 Å². The summed E-state index contributed by atoms with van der Waals surface area (Å²) in [6.07, 6.45) is 4.32. The fraction of sp³-hybridized carbons (Fsp3) is 0.375. The van der Waals surface area contributed by atoms with E-state index in [1.54, 1.807) is 10.8 Å². The Hall–Kier alpha value is -0.593. The Labute approximate surface area is 95.6 Å². The summed E-state index contributed by atoms with van der Waals surface area (Å²) in [6.45, 7) is 6.42. The lowest BCUT2D eigenvalue weighted by Crippen LogP contribution is -2.24. The van der Waals surface area contributed by atoms with Gasteiger partial charge in [-0.1, -0.05) is 37.5 Å². The van der Waals surface area contributed by atoms with Gasteiger partial charge in [0.2, 0.25) is 0 Å². The molecule has 86 valence electrons. The van der Waals surface area contributed by atoms with Crippen molar-refractivity contribution >= 4 is 33.9 Å². The molecule has 0 fully saturated rings. The molecule has 0 heterocycles. The van der Waals surface area contributed by atoms with Gasteiger partial charge in [0.05, 0.1) is 8.07 Å². The normalized spacial score (nSPS) is 13.6. The van der Waals surface area contributed by atoms with E-state index < -0.39 is 23.2 Å². The Bertz CT molecular complexity index is 381. The number of hydrogen-bond donors (Lipinski definition) is 1. The van der Waals surface area contributed by atoms with Gasteiger partial charge in [0.15, 0.2) is 0 Å². The quantitative estimate of drug-likeness (QED) is 0.364. The van der Waals surface area contributed by atoms with Crippen LogP contribution in [0.3, 0.4) is 0 Å². The van der Waals surface area contributed by atoms with Crippen molar-refractivity contribution in [1.82, 2.24) is 4.72 Å². The first-order valence-electron chi connectivity index (χ1n) is 4.22. The third-order valence-electron chi connectivity index (χ3n) is 1.18. The van der Waals surface area contributed by atoms with E-state index in [0.29, 0.717) is 0 Å². The molecule has 0 aromatic carbocycles. The van der Waals surface area contributed by atoms with Gasteiger partial charge in [-0.05, 0) is 0 Å². The van der Waals surface area contributed by atoms with Crippen molar-refractivity contribution in [2.75, 3.05) is 0 Å². The van der Waals surface area contributed by atoms with Crippen molar-refractivity contribution in [3.8, 4) is 0 Å². The lowest BCUT2D eigenvalue weighted by Gasteiger charge is -2.06. The molecular weight excluding hydrogens is 254 g/mol. The first kappa shape index (κ1) is 14.4. The molecule has 0 aliphatic heterocycles. The summed E-state index contributed by atoms with van der Waals surface area (Å²) < 4.78 is 22.5. The summed E-state index contributed by atoms with van der Waals surface area (Å²) >= 11 is 0. The number of nitrogens with one attached hydrogen (secondary N) is 1. The molecule has 1 amide bonds. The molecule has 4 nitrogen and oxygen atoms in total. The second-order valence-electron chi connectivity index (χ2n) is 3.99. The maximum atomic E-state index is 10.9. The minimum atomic E-state index is -3.98. The number of amides is 1. The van der Waals surface area contributed by atoms with Crippen LogP contribution >= 0.6 is 10.7 Å². The van der Waals surface area contributed by atoms with E-state index in [9.17, 15) is 13.2 Å². The van der Waals surface area contributed by atoms with Crippen molar-refractivity contribution in [2.24, 2.45) is 0 Å². The molecule has 0 aromatic heterocycles. The molecule has 0 atom stereocenters. The Kier molecular flexibility index (Phi) is 5.26. The molecule has 0 aliphatic carbocycles. The summed E-state index contributed by atoms with van der Waals surface area (Å²) in [5.74, 6) is -0.759. The zero-order valence-electron chi connectivity index (χ0n) is 8.82. The lowest BCUT2D eigenvalue weighted by atomic mass is 10.5. The summed E-state index contributed by atoms with van der Waals surface area (Å²) in [7, 11) is -0.458. The lowest BCUT2D eigenvalue weighted by molar-refractivity contribution is -0.114. The zero-order chi connectivity index (χ0) is 12.1. The van der Waals surface area contributed by atoms with Gasteiger partial charge in [0, 0.05) is 16.8 Å². The van der Waals surface area contributed by atoms with E-state index in [1.165, 1.54) is 6.08 Å². The molecule has 0 unspecified atom stereocenters. The third kappa shape index (κ3) is 11.3. The van der Waals surface area contributed by atoms with Gasteiger partial charge in [-0.2, -0.15) is 8.42 Å². The monoisotopic (exact) mass is 267 g/mol. The highest BCUT2D eigenvalue weighted by Gasteiger charge is 2.07. The average Bonchev–Trinajstić information content (AvgIpc) is 1.92. The van der Waals surface area contributed by atoms with Crippen LogP contribution in [-0.4, -0.2) is 22.4 Å². The summed E-state index contributed by atoms with van der Waals surface area (Å²) in [5.41, 5.74) is 2.02. The van der Waals surface area contributed by atoms with E-state index in [0.717, 1.165) is 6.08 Å². The Balaban J connectivity index is 4.21. The molecule has 0 aliphatic rings. The van der Waals surface area contributed by atoms with Gasteiger partial charge in [-0.3, -0.25) is 4.79 Å². The first-order chi connectivity index (χ1) is 6.60. The van der Waals surface area contributed by atoms with E-state index in [2.05, 4.69) is 19.6 Å². The van der Waals surface area contributed by atoms with Crippen LogP contribution in [0.5, 0.6) is 0 Å². The second-order valence-corrected chi connectivity index (χ2v) is 11.4. The number of carbonyl (C=O) groups is 1. The van der Waals surface area contributed by atoms with Gasteiger partial charge in [0.1, 0.15) is 0 Å². The summed E-state index contributed by atoms with van der Waals surface area (Å²) in [4.78, 5) is 10.9. The van der Waals surface area contributed by atoms with Crippen LogP contribution in [0.2, 0.25) is 19.6 Å². The number of carbonyl (C=O) groups excluding carboxylic acids is 1. The Morgan fingerprint density at radius 2 is 1.80 bits per heavy atom. The van der Waals surface area contributed by atoms with Crippen LogP contribution in [-0.2, 0) is 14.0 Å². The molecule has 0 spiro atoms. The molecule has 0 saturated carbocycles. The molecule has 1 N–H and O–H groups in total. The highest BCUT2D eigenvalue weighted by molar-refractivity contribution is 8.12. The van der Waals surface area contributed by atoms with Crippen molar-refractivity contribution in [1.29, 1.82) is 0 Å². The molecule has 7 heteroatoms. The topological polar surface area (TPSA) is 63.2 Å². The third-order valence-corrected chi connectivity index (χ3v) is 3.05. The fourth-order valence-electron chi connectivity index (χ4n) is 0.641. The molecule has 15 heavy (non-hydrogen) atoms. The average molecular weight is 268 g/mol. The van der Waals surface area contributed by atoms with Crippen LogP contribution in [0.25, 0.3) is 0 Å². The largest absolute Gasteiger partial charge is 0.321 e. The van der Waals surface area contributed by atoms with Gasteiger partial charge in [-0.15, -0.1) is 0 Å². The molecule has 0 bridgehead atoms. The van der Waals surface area contributed by atoms with E-state index in [4.69, 9.17) is 10.7 Å². The summed E-state index contributed by atoms with van der Waals surface area (Å²) in [6, 6.07) is 0. The van der Waals surface area contributed by atoms with Crippen molar-refractivity contribution < 1.29 is 13.2 Å². The Morgan fingerprint density at radius 1 is 1.27 bits per heavy atom. The zero-order valence-corrected chi connectivity index (χ0v) is 11.4. The standard InChI is InChI=1S/C8H14ClNO3SSi/c1-15(2,3)7-5-4-6-8(11)10-14(9,12)13/h4-7H,1-3H3,(H,10,11)/b6-4+,7-5+. The highest BCUT2D eigenvalue weighted by atomic mass is 35.7. The minimum absolute atomic E-state index is 0.759. The Morgan fingerprint density at radius 3 is 2.20 bits per heavy atom. The van der Waals surface area contributed by atoms with E-state index in [-0.39, 0.29) is 0 Å². The van der Waals surface area contributed by atoms with Crippen molar-refractivity contribution in [3.63, 3.8) is 0 Å². The van der Waals surface area contributed by atoms with Gasteiger partial charge in [-0.25, -0.2) is 4.72 Å². The predicted molar refractivity (Wildman–Crippen MR) is 64.5 cm³/mol. The van der Waals surface area contributed by atoms with Crippen LogP contribution in [0, 0.1) is 0 Å². The minimum Gasteiger partial charge on any atom is -0.269 e. The predicted octanol–water partition coefficient (Wildman–Crippen LogP) is 1.58. The smallest absolute Gasteiger partial charge is 0.269 e. The highest BCUT2D eigenvalue weighted by Crippen LogP contribution is 2.01. The van der Waals surface area contributed by atoms with Crippen LogP contribution in [0.4, 0.5) is 0 Å². The van der Waals surface area contributed by atoms with Gasteiger partial charge < -0.3 is 0 Å². The molecule has 0 aromatic rings. The van der Waals surface area contributed by atoms with E-state index in [1.807, 2.05) is 5.70 Å². The van der Waals surface area contributed by atoms with E-state index >= 15 is 0 Å². The molecule has 0 rings (SSSR count). The maximum Gasteiger partial charge on any atom is 0.321 e. The van der Waals surface area contributed by atoms with Gasteiger partial charge >= 0.3 is 9.24 Å². The van der Waals surface area contributed by atoms with Gasteiger partial charge in [0.25, 0.3) is 5.91 Å². The number of rotatable bonds is 4. The first-order valence-corrected chi connectivity index (χ1v) is 10.1. The molecule has 0 saturated heterocycles. The van der Waals surface area contributed by atoms with Crippen LogP contribution < -0.4 is 4.72 Å². The number of hydrogen-bond acceptors (Lipinski definition) is 3. The van der Waals surface area contributed by atoms with Crippen LogP contribution in [0.1, 0.15) is 0 Å².